The van der Waals surface area contributed by atoms with E-state index in [1.165, 1.54) is 32.1 Å². The first-order valence-electron chi connectivity index (χ1n) is 7.38. The van der Waals surface area contributed by atoms with Crippen LogP contribution in [0, 0.1) is 0 Å². The van der Waals surface area contributed by atoms with Crippen molar-refractivity contribution in [3.63, 3.8) is 0 Å². The molecule has 0 spiro atoms. The summed E-state index contributed by atoms with van der Waals surface area (Å²) in [5.41, 5.74) is 1.10. The third-order valence-corrected chi connectivity index (χ3v) is 3.33. The van der Waals surface area contributed by atoms with Gasteiger partial charge in [-0.05, 0) is 25.3 Å². The molecule has 0 radical (unpaired) electrons. The lowest BCUT2D eigenvalue weighted by Crippen LogP contribution is -1.87. The number of unbranched alkanes of at least 4 members (excludes halogenated alkanes) is 5. The highest BCUT2D eigenvalue weighted by molar-refractivity contribution is 5.73. The summed E-state index contributed by atoms with van der Waals surface area (Å²) in [5.74, 6) is 1.54. The molecule has 0 saturated heterocycles. The molecule has 0 unspecified atom stereocenters. The highest BCUT2D eigenvalue weighted by Crippen LogP contribution is 2.19. The highest BCUT2D eigenvalue weighted by Gasteiger charge is 2.09. The highest BCUT2D eigenvalue weighted by atomic mass is 16.3. The van der Waals surface area contributed by atoms with E-state index in [1.54, 1.807) is 0 Å². The Kier molecular flexibility index (Phi) is 7.47. The van der Waals surface area contributed by atoms with E-state index in [2.05, 4.69) is 19.9 Å². The van der Waals surface area contributed by atoms with Gasteiger partial charge in [-0.25, -0.2) is 0 Å². The number of carbonyl (C=O) groups is 1. The third-order valence-electron chi connectivity index (χ3n) is 3.33. The number of carbonyl (C=O) groups excluding carboxylic acids is 1. The van der Waals surface area contributed by atoms with E-state index in [4.69, 9.17) is 4.42 Å². The van der Waals surface area contributed by atoms with E-state index >= 15 is 0 Å². The molecule has 0 aromatic carbocycles. The molecule has 0 fully saturated rings. The molecule has 0 atom stereocenters. The van der Waals surface area contributed by atoms with E-state index in [1.807, 2.05) is 0 Å². The first-order chi connectivity index (χ1) is 8.81. The predicted molar refractivity (Wildman–Crippen MR) is 75.2 cm³/mol. The Morgan fingerprint density at radius 1 is 1.00 bits per heavy atom. The molecule has 0 amide bonds. The van der Waals surface area contributed by atoms with Gasteiger partial charge in [-0.1, -0.05) is 46.0 Å². The van der Waals surface area contributed by atoms with Gasteiger partial charge in [0.2, 0.25) is 0 Å². The van der Waals surface area contributed by atoms with Crippen molar-refractivity contribution in [3.8, 4) is 0 Å². The van der Waals surface area contributed by atoms with Crippen molar-refractivity contribution in [1.29, 1.82) is 0 Å². The van der Waals surface area contributed by atoms with E-state index in [0.29, 0.717) is 5.76 Å². The quantitative estimate of drug-likeness (QED) is 0.434. The molecule has 1 rings (SSSR count). The van der Waals surface area contributed by atoms with Crippen LogP contribution < -0.4 is 0 Å². The molecule has 1 aromatic heterocycles. The Morgan fingerprint density at radius 3 is 2.33 bits per heavy atom. The summed E-state index contributed by atoms with van der Waals surface area (Å²) < 4.78 is 5.61. The molecule has 2 heteroatoms. The number of hydrogen-bond donors (Lipinski definition) is 0. The molecule has 102 valence electrons. The summed E-state index contributed by atoms with van der Waals surface area (Å²) in [4.78, 5) is 11.0. The fraction of sp³-hybridized carbons (Fsp3) is 0.688. The lowest BCUT2D eigenvalue weighted by atomic mass is 10.1. The van der Waals surface area contributed by atoms with Crippen molar-refractivity contribution in [2.75, 3.05) is 0 Å². The van der Waals surface area contributed by atoms with Crippen molar-refractivity contribution in [2.24, 2.45) is 0 Å². The van der Waals surface area contributed by atoms with Crippen LogP contribution in [0.2, 0.25) is 0 Å². The van der Waals surface area contributed by atoms with Gasteiger partial charge in [-0.2, -0.15) is 0 Å². The van der Waals surface area contributed by atoms with Gasteiger partial charge >= 0.3 is 0 Å². The molecule has 0 aliphatic rings. The van der Waals surface area contributed by atoms with Crippen molar-refractivity contribution in [2.45, 2.75) is 71.6 Å². The second-order valence-electron chi connectivity index (χ2n) is 4.99. The van der Waals surface area contributed by atoms with Gasteiger partial charge in [0.05, 0.1) is 0 Å². The van der Waals surface area contributed by atoms with Crippen molar-refractivity contribution in [1.82, 2.24) is 0 Å². The summed E-state index contributed by atoms with van der Waals surface area (Å²) in [6.07, 6.45) is 11.3. The zero-order chi connectivity index (χ0) is 13.2. The second kappa shape index (κ2) is 8.96. The van der Waals surface area contributed by atoms with E-state index in [9.17, 15) is 4.79 Å². The summed E-state index contributed by atoms with van der Waals surface area (Å²) in [7, 11) is 0. The number of aldehydes is 1. The fourth-order valence-electron chi connectivity index (χ4n) is 2.21. The van der Waals surface area contributed by atoms with Crippen molar-refractivity contribution in [3.05, 3.63) is 23.2 Å². The monoisotopic (exact) mass is 250 g/mol. The largest absolute Gasteiger partial charge is 0.458 e. The molecular formula is C16H26O2. The van der Waals surface area contributed by atoms with Gasteiger partial charge in [-0.3, -0.25) is 4.79 Å². The minimum absolute atomic E-state index is 0.552. The maximum atomic E-state index is 11.0. The van der Waals surface area contributed by atoms with Gasteiger partial charge in [0.15, 0.2) is 12.0 Å². The minimum atomic E-state index is 0.552. The van der Waals surface area contributed by atoms with Crippen LogP contribution in [-0.2, 0) is 12.8 Å². The van der Waals surface area contributed by atoms with Crippen LogP contribution in [0.1, 0.15) is 80.7 Å². The van der Waals surface area contributed by atoms with Crippen LogP contribution in [0.15, 0.2) is 10.5 Å². The number of rotatable bonds is 10. The zero-order valence-electron chi connectivity index (χ0n) is 11.8. The molecule has 1 aromatic rings. The van der Waals surface area contributed by atoms with E-state index in [-0.39, 0.29) is 0 Å². The SMILES string of the molecule is CCCCCCc1cc(CCCCC)c(C=O)o1. The van der Waals surface area contributed by atoms with Crippen LogP contribution in [0.5, 0.6) is 0 Å². The Hall–Kier alpha value is -1.05. The van der Waals surface area contributed by atoms with Gasteiger partial charge in [0.1, 0.15) is 5.76 Å². The van der Waals surface area contributed by atoms with Gasteiger partial charge in [0, 0.05) is 12.0 Å². The molecule has 0 bridgehead atoms. The molecule has 2 nitrogen and oxygen atoms in total. The number of aryl methyl sites for hydroxylation is 2. The Bertz CT molecular complexity index is 339. The summed E-state index contributed by atoms with van der Waals surface area (Å²) in [5, 5.41) is 0. The predicted octanol–water partition coefficient (Wildman–Crippen LogP) is 4.95. The van der Waals surface area contributed by atoms with Gasteiger partial charge in [-0.15, -0.1) is 0 Å². The molecule has 18 heavy (non-hydrogen) atoms. The normalized spacial score (nSPS) is 10.8. The van der Waals surface area contributed by atoms with Crippen LogP contribution in [0.4, 0.5) is 0 Å². The first kappa shape index (κ1) is 15.0. The maximum absolute atomic E-state index is 11.0. The molecule has 0 saturated carbocycles. The maximum Gasteiger partial charge on any atom is 0.185 e. The average molecular weight is 250 g/mol. The molecule has 0 aliphatic heterocycles. The van der Waals surface area contributed by atoms with Gasteiger partial charge in [0.25, 0.3) is 0 Å². The minimum Gasteiger partial charge on any atom is -0.458 e. The van der Waals surface area contributed by atoms with Crippen molar-refractivity contribution >= 4 is 6.29 Å². The van der Waals surface area contributed by atoms with Crippen LogP contribution in [-0.4, -0.2) is 6.29 Å². The van der Waals surface area contributed by atoms with Crippen LogP contribution in [0.3, 0.4) is 0 Å². The lowest BCUT2D eigenvalue weighted by Gasteiger charge is -1.96. The van der Waals surface area contributed by atoms with E-state index in [0.717, 1.165) is 43.3 Å². The van der Waals surface area contributed by atoms with Crippen LogP contribution in [0.25, 0.3) is 0 Å². The Morgan fingerprint density at radius 2 is 1.67 bits per heavy atom. The molecule has 0 aliphatic carbocycles. The number of hydrogen-bond acceptors (Lipinski definition) is 2. The average Bonchev–Trinajstić information content (AvgIpc) is 2.77. The molecular weight excluding hydrogens is 224 g/mol. The van der Waals surface area contributed by atoms with E-state index < -0.39 is 0 Å². The topological polar surface area (TPSA) is 30.2 Å². The second-order valence-corrected chi connectivity index (χ2v) is 4.99. The first-order valence-corrected chi connectivity index (χ1v) is 7.38. The lowest BCUT2D eigenvalue weighted by molar-refractivity contribution is 0.109. The molecule has 1 heterocycles. The smallest absolute Gasteiger partial charge is 0.185 e. The third kappa shape index (κ3) is 5.07. The van der Waals surface area contributed by atoms with Crippen LogP contribution >= 0.6 is 0 Å². The van der Waals surface area contributed by atoms with Gasteiger partial charge < -0.3 is 4.42 Å². The Balaban J connectivity index is 2.46. The van der Waals surface area contributed by atoms with Crippen molar-refractivity contribution < 1.29 is 9.21 Å². The number of furan rings is 1. The summed E-state index contributed by atoms with van der Waals surface area (Å²) in [6.45, 7) is 4.40. The summed E-state index contributed by atoms with van der Waals surface area (Å²) >= 11 is 0. The Labute approximate surface area is 111 Å². The molecule has 0 N–H and O–H groups in total. The fourth-order valence-corrected chi connectivity index (χ4v) is 2.21. The summed E-state index contributed by atoms with van der Waals surface area (Å²) in [6, 6.07) is 2.09. The standard InChI is InChI=1S/C16H26O2/c1-3-5-7-9-11-15-12-14(10-8-6-4-2)16(13-17)18-15/h12-13H,3-11H2,1-2H3. The zero-order valence-corrected chi connectivity index (χ0v) is 11.8.